The molecule has 0 aliphatic carbocycles. The summed E-state index contributed by atoms with van der Waals surface area (Å²) >= 11 is 1.66. The first-order chi connectivity index (χ1) is 7.75. The summed E-state index contributed by atoms with van der Waals surface area (Å²) in [6.45, 7) is 1.19. The molecule has 0 aromatic carbocycles. The third-order valence-corrected chi connectivity index (χ3v) is 2.73. The van der Waals surface area contributed by atoms with Crippen LogP contribution in [0.5, 0.6) is 0 Å². The van der Waals surface area contributed by atoms with Gasteiger partial charge in [0.05, 0.1) is 18.6 Å². The predicted molar refractivity (Wildman–Crippen MR) is 63.5 cm³/mol. The second kappa shape index (κ2) is 6.99. The molecule has 0 spiro atoms. The Hall–Kier alpha value is -1.38. The molecule has 0 aliphatic rings. The number of hydrogen-bond acceptors (Lipinski definition) is 4. The van der Waals surface area contributed by atoms with Crippen molar-refractivity contribution in [3.8, 4) is 12.3 Å². The molecule has 0 aliphatic heterocycles. The molecule has 0 fully saturated rings. The summed E-state index contributed by atoms with van der Waals surface area (Å²) in [5, 5.41) is 11.9. The minimum Gasteiger partial charge on any atom is -0.478 e. The number of hydrogen-bond donors (Lipinski definition) is 2. The Kier molecular flexibility index (Phi) is 5.54. The highest BCUT2D eigenvalue weighted by molar-refractivity contribution is 7.99. The van der Waals surface area contributed by atoms with E-state index in [1.54, 1.807) is 11.8 Å². The van der Waals surface area contributed by atoms with Crippen LogP contribution in [0, 0.1) is 12.3 Å². The number of carboxylic acid groups (broad SMARTS) is 1. The number of aromatic carboxylic acids is 1. The first-order valence-electron chi connectivity index (χ1n) is 4.77. The van der Waals surface area contributed by atoms with E-state index in [4.69, 9.17) is 15.9 Å². The van der Waals surface area contributed by atoms with E-state index in [0.717, 1.165) is 12.3 Å². The van der Waals surface area contributed by atoms with Gasteiger partial charge in [-0.15, -0.1) is 18.2 Å². The van der Waals surface area contributed by atoms with Gasteiger partial charge in [-0.3, -0.25) is 0 Å². The summed E-state index contributed by atoms with van der Waals surface area (Å²) < 4.78 is 5.07. The van der Waals surface area contributed by atoms with E-state index in [1.807, 2.05) is 0 Å². The molecule has 1 aromatic rings. The predicted octanol–water partition coefficient (Wildman–Crippen LogP) is 1.43. The molecule has 0 radical (unpaired) electrons. The summed E-state index contributed by atoms with van der Waals surface area (Å²) in [4.78, 5) is 10.7. The fraction of sp³-hybridized carbons (Fsp3) is 0.364. The van der Waals surface area contributed by atoms with Crippen LogP contribution in [0.15, 0.2) is 16.7 Å². The van der Waals surface area contributed by atoms with E-state index in [9.17, 15) is 4.79 Å². The molecule has 1 rings (SSSR count). The van der Waals surface area contributed by atoms with Gasteiger partial charge < -0.3 is 14.8 Å². The fourth-order valence-electron chi connectivity index (χ4n) is 1.15. The molecule has 5 heteroatoms. The zero-order chi connectivity index (χ0) is 11.8. The van der Waals surface area contributed by atoms with Gasteiger partial charge in [0.25, 0.3) is 0 Å². The number of carbonyl (C=O) groups is 1. The smallest absolute Gasteiger partial charge is 0.339 e. The highest BCUT2D eigenvalue weighted by atomic mass is 32.2. The molecular formula is C11H13NO3S. The summed E-state index contributed by atoms with van der Waals surface area (Å²) in [6, 6.07) is 1.45. The molecule has 0 saturated carbocycles. The van der Waals surface area contributed by atoms with Crippen LogP contribution >= 0.6 is 11.8 Å². The first-order valence-corrected chi connectivity index (χ1v) is 5.92. The number of rotatable bonds is 7. The third-order valence-electron chi connectivity index (χ3n) is 1.87. The zero-order valence-corrected chi connectivity index (χ0v) is 9.55. The molecule has 0 atom stereocenters. The number of thioether (sulfide) groups is 1. The Morgan fingerprint density at radius 3 is 3.19 bits per heavy atom. The molecule has 0 amide bonds. The van der Waals surface area contributed by atoms with Gasteiger partial charge in [-0.2, -0.15) is 0 Å². The number of furan rings is 1. The average Bonchev–Trinajstić information content (AvgIpc) is 2.71. The third kappa shape index (κ3) is 4.01. The zero-order valence-electron chi connectivity index (χ0n) is 8.73. The van der Waals surface area contributed by atoms with Crippen LogP contribution < -0.4 is 5.32 Å². The van der Waals surface area contributed by atoms with Crippen LogP contribution in [0.1, 0.15) is 16.1 Å². The molecule has 0 bridgehead atoms. The molecule has 0 unspecified atom stereocenters. The molecule has 16 heavy (non-hydrogen) atoms. The summed E-state index contributed by atoms with van der Waals surface area (Å²) in [5.41, 5.74) is 0.212. The number of carboxylic acids is 1. The first kappa shape index (κ1) is 12.7. The van der Waals surface area contributed by atoms with Crippen molar-refractivity contribution in [3.63, 3.8) is 0 Å². The largest absolute Gasteiger partial charge is 0.478 e. The minimum absolute atomic E-state index is 0.212. The normalized spacial score (nSPS) is 9.94. The Labute approximate surface area is 98.4 Å². The van der Waals surface area contributed by atoms with Gasteiger partial charge in [0.15, 0.2) is 0 Å². The van der Waals surface area contributed by atoms with E-state index >= 15 is 0 Å². The maximum absolute atomic E-state index is 10.7. The second-order valence-electron chi connectivity index (χ2n) is 3.00. The van der Waals surface area contributed by atoms with Gasteiger partial charge in [-0.25, -0.2) is 4.79 Å². The van der Waals surface area contributed by atoms with Gasteiger partial charge in [0, 0.05) is 12.3 Å². The number of terminal acetylenes is 1. The van der Waals surface area contributed by atoms with Crippen LogP contribution in [-0.4, -0.2) is 29.1 Å². The van der Waals surface area contributed by atoms with Gasteiger partial charge in [-0.05, 0) is 6.07 Å². The molecule has 1 heterocycles. The van der Waals surface area contributed by atoms with Crippen molar-refractivity contribution in [2.75, 3.05) is 18.1 Å². The maximum atomic E-state index is 10.7. The molecule has 86 valence electrons. The van der Waals surface area contributed by atoms with Crippen LogP contribution in [0.4, 0.5) is 0 Å². The summed E-state index contributed by atoms with van der Waals surface area (Å²) in [7, 11) is 0. The molecule has 0 saturated heterocycles. The van der Waals surface area contributed by atoms with E-state index in [-0.39, 0.29) is 5.56 Å². The van der Waals surface area contributed by atoms with E-state index in [2.05, 4.69) is 11.2 Å². The Balaban J connectivity index is 2.24. The standard InChI is InChI=1S/C11H13NO3S/c1-2-6-16-7-4-12-8-10-9(11(13)14)3-5-15-10/h1,3,5,12H,4,6-8H2,(H,13,14). The molecular weight excluding hydrogens is 226 g/mol. The van der Waals surface area contributed by atoms with Crippen LogP contribution in [0.25, 0.3) is 0 Å². The SMILES string of the molecule is C#CCSCCNCc1occc1C(=O)O. The topological polar surface area (TPSA) is 62.5 Å². The quantitative estimate of drug-likeness (QED) is 0.557. The maximum Gasteiger partial charge on any atom is 0.339 e. The Bertz CT molecular complexity index is 381. The second-order valence-corrected chi connectivity index (χ2v) is 4.10. The lowest BCUT2D eigenvalue weighted by Gasteiger charge is -2.02. The average molecular weight is 239 g/mol. The van der Waals surface area contributed by atoms with Crippen molar-refractivity contribution in [2.24, 2.45) is 0 Å². The molecule has 2 N–H and O–H groups in total. The summed E-state index contributed by atoms with van der Waals surface area (Å²) in [5.74, 6) is 3.62. The lowest BCUT2D eigenvalue weighted by molar-refractivity contribution is 0.0694. The fourth-order valence-corrected chi connectivity index (χ4v) is 1.70. The van der Waals surface area contributed by atoms with Gasteiger partial charge in [-0.1, -0.05) is 5.92 Å². The van der Waals surface area contributed by atoms with Crippen molar-refractivity contribution < 1.29 is 14.3 Å². The van der Waals surface area contributed by atoms with Crippen LogP contribution in [0.2, 0.25) is 0 Å². The van der Waals surface area contributed by atoms with Gasteiger partial charge in [0.2, 0.25) is 0 Å². The molecule has 4 nitrogen and oxygen atoms in total. The lowest BCUT2D eigenvalue weighted by Crippen LogP contribution is -2.17. The van der Waals surface area contributed by atoms with Gasteiger partial charge >= 0.3 is 5.97 Å². The lowest BCUT2D eigenvalue weighted by atomic mass is 10.2. The Morgan fingerprint density at radius 2 is 2.50 bits per heavy atom. The highest BCUT2D eigenvalue weighted by Crippen LogP contribution is 2.09. The van der Waals surface area contributed by atoms with Gasteiger partial charge in [0.1, 0.15) is 11.3 Å². The minimum atomic E-state index is -0.966. The van der Waals surface area contributed by atoms with Crippen LogP contribution in [0.3, 0.4) is 0 Å². The van der Waals surface area contributed by atoms with Crippen molar-refractivity contribution >= 4 is 17.7 Å². The van der Waals surface area contributed by atoms with Crippen LogP contribution in [-0.2, 0) is 6.54 Å². The van der Waals surface area contributed by atoms with Crippen molar-refractivity contribution in [2.45, 2.75) is 6.54 Å². The monoisotopic (exact) mass is 239 g/mol. The van der Waals surface area contributed by atoms with E-state index < -0.39 is 5.97 Å². The van der Waals surface area contributed by atoms with Crippen molar-refractivity contribution in [3.05, 3.63) is 23.7 Å². The van der Waals surface area contributed by atoms with E-state index in [0.29, 0.717) is 18.1 Å². The van der Waals surface area contributed by atoms with Crippen molar-refractivity contribution in [1.82, 2.24) is 5.32 Å². The van der Waals surface area contributed by atoms with E-state index in [1.165, 1.54) is 12.3 Å². The highest BCUT2D eigenvalue weighted by Gasteiger charge is 2.12. The van der Waals surface area contributed by atoms with Crippen molar-refractivity contribution in [1.29, 1.82) is 0 Å². The number of nitrogens with one attached hydrogen (secondary N) is 1. The molecule has 1 aromatic heterocycles. The summed E-state index contributed by atoms with van der Waals surface area (Å²) in [6.07, 6.45) is 6.48. The Morgan fingerprint density at radius 1 is 1.69 bits per heavy atom.